The van der Waals surface area contributed by atoms with E-state index >= 15 is 0 Å². The lowest BCUT2D eigenvalue weighted by Gasteiger charge is -2.04. The Kier molecular flexibility index (Phi) is 2.82. The van der Waals surface area contributed by atoms with E-state index in [1.165, 1.54) is 13.4 Å². The Hall–Kier alpha value is -2.31. The fraction of sp³-hybridized carbons (Fsp3) is 0.300. The number of aromatic nitrogens is 3. The van der Waals surface area contributed by atoms with Crippen molar-refractivity contribution in [2.75, 3.05) is 12.8 Å². The topological polar surface area (TPSA) is 96.2 Å². The zero-order valence-electron chi connectivity index (χ0n) is 9.51. The summed E-state index contributed by atoms with van der Waals surface area (Å²) >= 11 is 0. The number of nitrogen functional groups attached to an aromatic ring is 1. The molecule has 0 aliphatic rings. The molecule has 0 fully saturated rings. The maximum atomic E-state index is 11.4. The summed E-state index contributed by atoms with van der Waals surface area (Å²) in [6.45, 7) is 2.15. The lowest BCUT2D eigenvalue weighted by Crippen LogP contribution is -2.09. The molecule has 17 heavy (non-hydrogen) atoms. The molecule has 0 aliphatic heterocycles. The fourth-order valence-electron chi connectivity index (χ4n) is 1.51. The van der Waals surface area contributed by atoms with E-state index in [1.807, 2.05) is 0 Å². The molecule has 0 aliphatic carbocycles. The molecule has 7 heteroatoms. The van der Waals surface area contributed by atoms with Gasteiger partial charge in [0.1, 0.15) is 23.6 Å². The standard InChI is InChI=1S/C10H12N4O3/c1-6-12-8(10(15)16-2)9(11)14(6)5-7-3-4-17-13-7/h3-4H,5,11H2,1-2H3. The van der Waals surface area contributed by atoms with E-state index in [2.05, 4.69) is 14.9 Å². The van der Waals surface area contributed by atoms with Crippen molar-refractivity contribution in [2.24, 2.45) is 0 Å². The Morgan fingerprint density at radius 1 is 1.65 bits per heavy atom. The van der Waals surface area contributed by atoms with Crippen LogP contribution in [0.5, 0.6) is 0 Å². The summed E-state index contributed by atoms with van der Waals surface area (Å²) in [7, 11) is 1.29. The van der Waals surface area contributed by atoms with Gasteiger partial charge in [-0.15, -0.1) is 0 Å². The predicted octanol–water partition coefficient (Wildman–Crippen LogP) is 0.597. The molecule has 0 radical (unpaired) electrons. The quantitative estimate of drug-likeness (QED) is 0.784. The first-order valence-electron chi connectivity index (χ1n) is 4.93. The molecule has 90 valence electrons. The minimum Gasteiger partial charge on any atom is -0.464 e. The number of carbonyl (C=O) groups excluding carboxylic acids is 1. The van der Waals surface area contributed by atoms with Crippen LogP contribution in [0.2, 0.25) is 0 Å². The van der Waals surface area contributed by atoms with Crippen molar-refractivity contribution in [3.63, 3.8) is 0 Å². The summed E-state index contributed by atoms with van der Waals surface area (Å²) in [6.07, 6.45) is 1.47. The van der Waals surface area contributed by atoms with Gasteiger partial charge >= 0.3 is 5.97 Å². The Balaban J connectivity index is 2.35. The molecule has 2 N–H and O–H groups in total. The normalized spacial score (nSPS) is 10.5. The first-order valence-corrected chi connectivity index (χ1v) is 4.93. The van der Waals surface area contributed by atoms with Gasteiger partial charge in [-0.25, -0.2) is 9.78 Å². The number of anilines is 1. The van der Waals surface area contributed by atoms with Crippen molar-refractivity contribution < 1.29 is 14.1 Å². The van der Waals surface area contributed by atoms with Crippen LogP contribution in [-0.4, -0.2) is 27.8 Å². The summed E-state index contributed by atoms with van der Waals surface area (Å²) in [5, 5.41) is 3.77. The van der Waals surface area contributed by atoms with Gasteiger partial charge in [0.05, 0.1) is 13.7 Å². The summed E-state index contributed by atoms with van der Waals surface area (Å²) in [5.41, 5.74) is 6.66. The Morgan fingerprint density at radius 3 is 3.00 bits per heavy atom. The second-order valence-corrected chi connectivity index (χ2v) is 3.46. The van der Waals surface area contributed by atoms with Crippen LogP contribution in [0, 0.1) is 6.92 Å². The number of rotatable bonds is 3. The average Bonchev–Trinajstić information content (AvgIpc) is 2.91. The van der Waals surface area contributed by atoms with Gasteiger partial charge in [0.2, 0.25) is 0 Å². The first-order chi connectivity index (χ1) is 8.13. The zero-order valence-corrected chi connectivity index (χ0v) is 9.51. The van der Waals surface area contributed by atoms with E-state index in [4.69, 9.17) is 10.3 Å². The molecule has 0 aromatic carbocycles. The van der Waals surface area contributed by atoms with Gasteiger partial charge in [-0.05, 0) is 6.92 Å². The van der Waals surface area contributed by atoms with Crippen molar-refractivity contribution in [1.82, 2.24) is 14.7 Å². The number of hydrogen-bond acceptors (Lipinski definition) is 6. The zero-order chi connectivity index (χ0) is 12.4. The number of nitrogens with two attached hydrogens (primary N) is 1. The van der Waals surface area contributed by atoms with Crippen molar-refractivity contribution in [3.05, 3.63) is 29.5 Å². The summed E-state index contributed by atoms with van der Waals surface area (Å²) in [6, 6.07) is 1.72. The predicted molar refractivity (Wildman–Crippen MR) is 58.3 cm³/mol. The van der Waals surface area contributed by atoms with Gasteiger partial charge in [-0.1, -0.05) is 5.16 Å². The molecule has 7 nitrogen and oxygen atoms in total. The summed E-state index contributed by atoms with van der Waals surface area (Å²) in [4.78, 5) is 15.5. The minimum atomic E-state index is -0.551. The van der Waals surface area contributed by atoms with E-state index in [-0.39, 0.29) is 11.5 Å². The number of ether oxygens (including phenoxy) is 1. The second kappa shape index (κ2) is 4.28. The molecule has 0 saturated carbocycles. The number of aryl methyl sites for hydroxylation is 1. The van der Waals surface area contributed by atoms with Crippen molar-refractivity contribution in [2.45, 2.75) is 13.5 Å². The van der Waals surface area contributed by atoms with Crippen molar-refractivity contribution in [3.8, 4) is 0 Å². The van der Waals surface area contributed by atoms with E-state index in [1.54, 1.807) is 17.6 Å². The lowest BCUT2D eigenvalue weighted by atomic mass is 10.4. The molecule has 2 heterocycles. The third-order valence-corrected chi connectivity index (χ3v) is 2.39. The highest BCUT2D eigenvalue weighted by Crippen LogP contribution is 2.16. The molecule has 0 spiro atoms. The Bertz CT molecular complexity index is 530. The van der Waals surface area contributed by atoms with Crippen molar-refractivity contribution in [1.29, 1.82) is 0 Å². The fourth-order valence-corrected chi connectivity index (χ4v) is 1.51. The molecule has 2 aromatic rings. The Labute approximate surface area is 97.2 Å². The first kappa shape index (κ1) is 11.2. The van der Waals surface area contributed by atoms with Gasteiger partial charge in [-0.3, -0.25) is 0 Å². The molecule has 0 unspecified atom stereocenters. The maximum absolute atomic E-state index is 11.4. The largest absolute Gasteiger partial charge is 0.464 e. The van der Waals surface area contributed by atoms with Gasteiger partial charge in [0.25, 0.3) is 0 Å². The molecule has 2 rings (SSSR count). The molecule has 0 saturated heterocycles. The number of carbonyl (C=O) groups is 1. The molecule has 0 amide bonds. The van der Waals surface area contributed by atoms with Gasteiger partial charge in [0, 0.05) is 6.07 Å². The van der Waals surface area contributed by atoms with Crippen LogP contribution in [0.3, 0.4) is 0 Å². The lowest BCUT2D eigenvalue weighted by molar-refractivity contribution is 0.0595. The maximum Gasteiger partial charge on any atom is 0.360 e. The van der Waals surface area contributed by atoms with E-state index in [0.29, 0.717) is 18.1 Å². The van der Waals surface area contributed by atoms with Gasteiger partial charge in [0.15, 0.2) is 5.69 Å². The molecule has 2 aromatic heterocycles. The van der Waals surface area contributed by atoms with Crippen LogP contribution >= 0.6 is 0 Å². The second-order valence-electron chi connectivity index (χ2n) is 3.46. The highest BCUT2D eigenvalue weighted by Gasteiger charge is 2.19. The van der Waals surface area contributed by atoms with Crippen LogP contribution in [0.25, 0.3) is 0 Å². The van der Waals surface area contributed by atoms with Crippen LogP contribution in [-0.2, 0) is 11.3 Å². The van der Waals surface area contributed by atoms with E-state index in [0.717, 1.165) is 0 Å². The van der Waals surface area contributed by atoms with Crippen LogP contribution < -0.4 is 5.73 Å². The minimum absolute atomic E-state index is 0.119. The number of methoxy groups -OCH3 is 1. The summed E-state index contributed by atoms with van der Waals surface area (Å²) in [5.74, 6) is 0.327. The molecular formula is C10H12N4O3. The average molecular weight is 236 g/mol. The number of imidazole rings is 1. The molecule has 0 bridgehead atoms. The summed E-state index contributed by atoms with van der Waals surface area (Å²) < 4.78 is 11.0. The van der Waals surface area contributed by atoms with Gasteiger partial charge < -0.3 is 19.6 Å². The number of hydrogen-bond donors (Lipinski definition) is 1. The van der Waals surface area contributed by atoms with Crippen LogP contribution in [0.4, 0.5) is 5.82 Å². The van der Waals surface area contributed by atoms with E-state index < -0.39 is 5.97 Å². The van der Waals surface area contributed by atoms with E-state index in [9.17, 15) is 4.79 Å². The van der Waals surface area contributed by atoms with Gasteiger partial charge in [-0.2, -0.15) is 0 Å². The number of esters is 1. The van der Waals surface area contributed by atoms with Crippen molar-refractivity contribution >= 4 is 11.8 Å². The monoisotopic (exact) mass is 236 g/mol. The van der Waals surface area contributed by atoms with Crippen LogP contribution in [0.1, 0.15) is 22.0 Å². The Morgan fingerprint density at radius 2 is 2.41 bits per heavy atom. The number of nitrogens with zero attached hydrogens (tertiary/aromatic N) is 3. The third-order valence-electron chi connectivity index (χ3n) is 2.39. The third kappa shape index (κ3) is 1.99. The smallest absolute Gasteiger partial charge is 0.360 e. The molecular weight excluding hydrogens is 224 g/mol. The highest BCUT2D eigenvalue weighted by molar-refractivity contribution is 5.92. The highest BCUT2D eigenvalue weighted by atomic mass is 16.5. The SMILES string of the molecule is COC(=O)c1nc(C)n(Cc2ccon2)c1N. The molecule has 0 atom stereocenters. The van der Waals surface area contributed by atoms with Crippen LogP contribution in [0.15, 0.2) is 16.9 Å².